The van der Waals surface area contributed by atoms with Gasteiger partial charge in [0.2, 0.25) is 0 Å². The standard InChI is InChI=1S/C18H14ClNO/c1-13(21)16-10-14(11-17(19)12-16)6-8-20-9-7-15-4-2-3-5-18(15)20/h2-12H,1H3. The van der Waals surface area contributed by atoms with E-state index in [-0.39, 0.29) is 5.78 Å². The first kappa shape index (κ1) is 13.7. The van der Waals surface area contributed by atoms with Gasteiger partial charge in [-0.15, -0.1) is 0 Å². The Labute approximate surface area is 128 Å². The molecule has 1 heterocycles. The molecule has 21 heavy (non-hydrogen) atoms. The largest absolute Gasteiger partial charge is 0.323 e. The van der Waals surface area contributed by atoms with Crippen LogP contribution in [0.25, 0.3) is 23.2 Å². The normalized spacial score (nSPS) is 11.3. The van der Waals surface area contributed by atoms with Crippen molar-refractivity contribution in [2.24, 2.45) is 0 Å². The molecule has 0 fully saturated rings. The lowest BCUT2D eigenvalue weighted by atomic mass is 10.1. The fourth-order valence-electron chi connectivity index (χ4n) is 2.31. The maximum Gasteiger partial charge on any atom is 0.159 e. The smallest absolute Gasteiger partial charge is 0.159 e. The highest BCUT2D eigenvalue weighted by Crippen LogP contribution is 2.19. The van der Waals surface area contributed by atoms with Crippen LogP contribution >= 0.6 is 11.6 Å². The van der Waals surface area contributed by atoms with Crippen molar-refractivity contribution in [2.45, 2.75) is 6.92 Å². The summed E-state index contributed by atoms with van der Waals surface area (Å²) in [7, 11) is 0. The minimum Gasteiger partial charge on any atom is -0.323 e. The Bertz CT molecular complexity index is 845. The first-order valence-electron chi connectivity index (χ1n) is 6.69. The van der Waals surface area contributed by atoms with Crippen LogP contribution < -0.4 is 0 Å². The minimum absolute atomic E-state index is 0.0126. The van der Waals surface area contributed by atoms with Gasteiger partial charge < -0.3 is 4.57 Å². The van der Waals surface area contributed by atoms with E-state index in [0.29, 0.717) is 10.6 Å². The third-order valence-corrected chi connectivity index (χ3v) is 3.60. The van der Waals surface area contributed by atoms with Crippen molar-refractivity contribution in [1.29, 1.82) is 0 Å². The molecule has 2 aromatic carbocycles. The van der Waals surface area contributed by atoms with Crippen molar-refractivity contribution in [2.75, 3.05) is 0 Å². The number of benzene rings is 2. The van der Waals surface area contributed by atoms with Crippen molar-refractivity contribution >= 4 is 40.6 Å². The summed E-state index contributed by atoms with van der Waals surface area (Å²) in [4.78, 5) is 11.5. The number of nitrogens with zero attached hydrogens (tertiary/aromatic N) is 1. The van der Waals surface area contributed by atoms with Gasteiger partial charge in [0, 0.05) is 23.0 Å². The van der Waals surface area contributed by atoms with E-state index in [1.807, 2.05) is 47.3 Å². The predicted molar refractivity (Wildman–Crippen MR) is 88.6 cm³/mol. The lowest BCUT2D eigenvalue weighted by Crippen LogP contribution is -1.92. The number of halogens is 1. The fraction of sp³-hybridized carbons (Fsp3) is 0.0556. The molecule has 3 aromatic rings. The van der Waals surface area contributed by atoms with Crippen molar-refractivity contribution in [3.05, 3.63) is 70.9 Å². The van der Waals surface area contributed by atoms with Gasteiger partial charge >= 0.3 is 0 Å². The highest BCUT2D eigenvalue weighted by Gasteiger charge is 2.02. The van der Waals surface area contributed by atoms with E-state index in [4.69, 9.17) is 11.6 Å². The topological polar surface area (TPSA) is 22.0 Å². The zero-order valence-corrected chi connectivity index (χ0v) is 12.3. The Kier molecular flexibility index (Phi) is 3.63. The van der Waals surface area contributed by atoms with Crippen molar-refractivity contribution in [3.63, 3.8) is 0 Å². The van der Waals surface area contributed by atoms with Gasteiger partial charge in [0.15, 0.2) is 5.78 Å². The Balaban J connectivity index is 1.98. The van der Waals surface area contributed by atoms with Gasteiger partial charge in [-0.1, -0.05) is 29.8 Å². The molecule has 3 heteroatoms. The van der Waals surface area contributed by atoms with E-state index in [2.05, 4.69) is 18.2 Å². The molecule has 0 amide bonds. The second kappa shape index (κ2) is 5.58. The molecule has 0 atom stereocenters. The van der Waals surface area contributed by atoms with Crippen LogP contribution in [-0.4, -0.2) is 10.4 Å². The molecule has 0 spiro atoms. The number of Topliss-reactive ketones (excluding diaryl/α,β-unsaturated/α-hetero) is 1. The van der Waals surface area contributed by atoms with E-state index in [9.17, 15) is 4.79 Å². The fourth-order valence-corrected chi connectivity index (χ4v) is 2.56. The molecular weight excluding hydrogens is 282 g/mol. The first-order chi connectivity index (χ1) is 10.1. The van der Waals surface area contributed by atoms with Gasteiger partial charge in [0.25, 0.3) is 0 Å². The quantitative estimate of drug-likeness (QED) is 0.614. The van der Waals surface area contributed by atoms with Crippen LogP contribution in [0.2, 0.25) is 5.02 Å². The van der Waals surface area contributed by atoms with E-state index in [1.54, 1.807) is 13.0 Å². The van der Waals surface area contributed by atoms with Gasteiger partial charge in [-0.25, -0.2) is 0 Å². The molecule has 0 aliphatic carbocycles. The molecule has 104 valence electrons. The molecule has 0 radical (unpaired) electrons. The average molecular weight is 296 g/mol. The molecule has 0 aliphatic rings. The maximum atomic E-state index is 11.5. The van der Waals surface area contributed by atoms with Gasteiger partial charge in [-0.05, 0) is 54.3 Å². The monoisotopic (exact) mass is 295 g/mol. The second-order valence-electron chi connectivity index (χ2n) is 4.93. The van der Waals surface area contributed by atoms with E-state index >= 15 is 0 Å². The van der Waals surface area contributed by atoms with Crippen LogP contribution in [0.15, 0.2) is 54.7 Å². The zero-order chi connectivity index (χ0) is 14.8. The van der Waals surface area contributed by atoms with Crippen LogP contribution in [0, 0.1) is 0 Å². The lowest BCUT2D eigenvalue weighted by molar-refractivity contribution is 0.101. The number of aromatic nitrogens is 1. The molecule has 0 saturated heterocycles. The number of carbonyl (C=O) groups is 1. The Morgan fingerprint density at radius 3 is 2.76 bits per heavy atom. The summed E-state index contributed by atoms with van der Waals surface area (Å²) in [6.07, 6.45) is 5.93. The zero-order valence-electron chi connectivity index (χ0n) is 11.6. The summed E-state index contributed by atoms with van der Waals surface area (Å²) in [5.74, 6) is 0.0126. The van der Waals surface area contributed by atoms with Crippen LogP contribution in [-0.2, 0) is 0 Å². The van der Waals surface area contributed by atoms with E-state index in [1.165, 1.54) is 5.39 Å². The summed E-state index contributed by atoms with van der Waals surface area (Å²) >= 11 is 6.06. The molecule has 3 rings (SSSR count). The number of ketones is 1. The number of carbonyl (C=O) groups excluding carboxylic acids is 1. The summed E-state index contributed by atoms with van der Waals surface area (Å²) in [5.41, 5.74) is 2.67. The van der Waals surface area contributed by atoms with Crippen molar-refractivity contribution in [3.8, 4) is 0 Å². The van der Waals surface area contributed by atoms with Crippen molar-refractivity contribution < 1.29 is 4.79 Å². The molecule has 0 N–H and O–H groups in total. The molecular formula is C18H14ClNO. The van der Waals surface area contributed by atoms with Crippen molar-refractivity contribution in [1.82, 2.24) is 4.57 Å². The third-order valence-electron chi connectivity index (χ3n) is 3.38. The number of rotatable bonds is 3. The Morgan fingerprint density at radius 1 is 1.14 bits per heavy atom. The van der Waals surface area contributed by atoms with Gasteiger partial charge in [0.05, 0.1) is 5.52 Å². The second-order valence-corrected chi connectivity index (χ2v) is 5.36. The summed E-state index contributed by atoms with van der Waals surface area (Å²) < 4.78 is 2.05. The van der Waals surface area contributed by atoms with Gasteiger partial charge in [0.1, 0.15) is 0 Å². The van der Waals surface area contributed by atoms with Crippen LogP contribution in [0.1, 0.15) is 22.8 Å². The number of fused-ring (bicyclic) bond motifs is 1. The summed E-state index contributed by atoms with van der Waals surface area (Å²) in [6, 6.07) is 15.6. The average Bonchev–Trinajstić information content (AvgIpc) is 2.88. The van der Waals surface area contributed by atoms with E-state index in [0.717, 1.165) is 11.1 Å². The highest BCUT2D eigenvalue weighted by atomic mass is 35.5. The maximum absolute atomic E-state index is 11.5. The molecule has 0 bridgehead atoms. The SMILES string of the molecule is CC(=O)c1cc(Cl)cc(C=Cn2ccc3ccccc32)c1. The predicted octanol–water partition coefficient (Wildman–Crippen LogP) is 5.13. The highest BCUT2D eigenvalue weighted by molar-refractivity contribution is 6.31. The first-order valence-corrected chi connectivity index (χ1v) is 7.06. The number of hydrogen-bond acceptors (Lipinski definition) is 1. The van der Waals surface area contributed by atoms with Gasteiger partial charge in [-0.2, -0.15) is 0 Å². The number of hydrogen-bond donors (Lipinski definition) is 0. The van der Waals surface area contributed by atoms with Crippen LogP contribution in [0.3, 0.4) is 0 Å². The Hall–Kier alpha value is -2.32. The van der Waals surface area contributed by atoms with Crippen LogP contribution in [0.5, 0.6) is 0 Å². The lowest BCUT2D eigenvalue weighted by Gasteiger charge is -2.01. The summed E-state index contributed by atoms with van der Waals surface area (Å²) in [5, 5.41) is 1.76. The minimum atomic E-state index is 0.0126. The molecule has 1 aromatic heterocycles. The van der Waals surface area contributed by atoms with Gasteiger partial charge in [-0.3, -0.25) is 4.79 Å². The molecule has 0 unspecified atom stereocenters. The van der Waals surface area contributed by atoms with E-state index < -0.39 is 0 Å². The molecule has 0 aliphatic heterocycles. The Morgan fingerprint density at radius 2 is 1.95 bits per heavy atom. The van der Waals surface area contributed by atoms with Crippen LogP contribution in [0.4, 0.5) is 0 Å². The molecule has 0 saturated carbocycles. The molecule has 2 nitrogen and oxygen atoms in total. The third kappa shape index (κ3) is 2.91. The summed E-state index contributed by atoms with van der Waals surface area (Å²) in [6.45, 7) is 1.54. The number of para-hydroxylation sites is 1.